The van der Waals surface area contributed by atoms with Crippen molar-refractivity contribution in [2.75, 3.05) is 30.4 Å². The summed E-state index contributed by atoms with van der Waals surface area (Å²) in [7, 11) is 1.76. The van der Waals surface area contributed by atoms with Gasteiger partial charge in [-0.05, 0) is 6.92 Å². The third-order valence-corrected chi connectivity index (χ3v) is 4.10. The SMILES string of the molecule is CCC.CNc1nc2c(N3CCC(C)(F)C3)c(-c3cn[nH]c3)ncn2n1. The molecule has 0 bridgehead atoms. The van der Waals surface area contributed by atoms with Crippen LogP contribution in [0.4, 0.5) is 16.0 Å². The molecular formula is C17H25FN8. The van der Waals surface area contributed by atoms with Gasteiger partial charge >= 0.3 is 0 Å². The Morgan fingerprint density at radius 3 is 2.73 bits per heavy atom. The first-order valence-electron chi connectivity index (χ1n) is 8.85. The summed E-state index contributed by atoms with van der Waals surface area (Å²) >= 11 is 0. The van der Waals surface area contributed by atoms with Crippen LogP contribution in [-0.4, -0.2) is 55.6 Å². The third-order valence-electron chi connectivity index (χ3n) is 4.10. The Morgan fingerprint density at radius 1 is 1.38 bits per heavy atom. The van der Waals surface area contributed by atoms with Crippen LogP contribution in [0.15, 0.2) is 18.7 Å². The van der Waals surface area contributed by atoms with Crippen molar-refractivity contribution < 1.29 is 4.39 Å². The van der Waals surface area contributed by atoms with E-state index in [4.69, 9.17) is 0 Å². The van der Waals surface area contributed by atoms with Crippen molar-refractivity contribution in [3.63, 3.8) is 0 Å². The van der Waals surface area contributed by atoms with Crippen LogP contribution >= 0.6 is 0 Å². The molecule has 0 aromatic carbocycles. The highest BCUT2D eigenvalue weighted by Gasteiger charge is 2.36. The topological polar surface area (TPSA) is 87.0 Å². The number of aromatic amines is 1. The van der Waals surface area contributed by atoms with Gasteiger partial charge in [-0.3, -0.25) is 5.10 Å². The van der Waals surface area contributed by atoms with Crippen molar-refractivity contribution in [3.05, 3.63) is 18.7 Å². The van der Waals surface area contributed by atoms with Gasteiger partial charge in [0, 0.05) is 31.8 Å². The molecule has 0 spiro atoms. The van der Waals surface area contributed by atoms with Gasteiger partial charge < -0.3 is 10.2 Å². The Morgan fingerprint density at radius 2 is 2.15 bits per heavy atom. The van der Waals surface area contributed by atoms with E-state index in [-0.39, 0.29) is 0 Å². The molecule has 4 rings (SSSR count). The minimum Gasteiger partial charge on any atom is -0.363 e. The number of rotatable bonds is 3. The summed E-state index contributed by atoms with van der Waals surface area (Å²) in [5.74, 6) is 0.500. The minimum atomic E-state index is -1.22. The number of fused-ring (bicyclic) bond motifs is 1. The molecule has 0 aliphatic carbocycles. The van der Waals surface area contributed by atoms with Crippen LogP contribution in [-0.2, 0) is 0 Å². The average molecular weight is 360 g/mol. The second-order valence-electron chi connectivity index (χ2n) is 6.67. The van der Waals surface area contributed by atoms with Crippen molar-refractivity contribution in [2.45, 2.75) is 39.3 Å². The van der Waals surface area contributed by atoms with Crippen molar-refractivity contribution in [2.24, 2.45) is 0 Å². The lowest BCUT2D eigenvalue weighted by Gasteiger charge is -2.21. The molecule has 3 aromatic rings. The highest BCUT2D eigenvalue weighted by Crippen LogP contribution is 2.37. The largest absolute Gasteiger partial charge is 0.363 e. The van der Waals surface area contributed by atoms with Gasteiger partial charge in [0.2, 0.25) is 5.95 Å². The number of hydrogen-bond acceptors (Lipinski definition) is 6. The number of halogens is 1. The number of nitrogens with one attached hydrogen (secondary N) is 2. The van der Waals surface area contributed by atoms with E-state index < -0.39 is 5.67 Å². The minimum absolute atomic E-state index is 0.306. The van der Waals surface area contributed by atoms with Gasteiger partial charge in [0.1, 0.15) is 23.4 Å². The fourth-order valence-corrected chi connectivity index (χ4v) is 2.95. The van der Waals surface area contributed by atoms with Crippen LogP contribution in [0.1, 0.15) is 33.6 Å². The second kappa shape index (κ2) is 7.27. The van der Waals surface area contributed by atoms with Gasteiger partial charge in [-0.15, -0.1) is 5.10 Å². The molecule has 1 unspecified atom stereocenters. The molecule has 26 heavy (non-hydrogen) atoms. The molecule has 1 fully saturated rings. The maximum Gasteiger partial charge on any atom is 0.242 e. The summed E-state index contributed by atoms with van der Waals surface area (Å²) in [4.78, 5) is 11.0. The molecule has 140 valence electrons. The summed E-state index contributed by atoms with van der Waals surface area (Å²) in [5, 5.41) is 14.0. The molecule has 9 heteroatoms. The zero-order valence-electron chi connectivity index (χ0n) is 15.6. The van der Waals surface area contributed by atoms with E-state index in [9.17, 15) is 4.39 Å². The monoisotopic (exact) mass is 360 g/mol. The third kappa shape index (κ3) is 3.47. The van der Waals surface area contributed by atoms with E-state index in [1.807, 2.05) is 4.90 Å². The van der Waals surface area contributed by atoms with Crippen molar-refractivity contribution in [1.29, 1.82) is 0 Å². The van der Waals surface area contributed by atoms with Crippen LogP contribution in [0.3, 0.4) is 0 Å². The maximum absolute atomic E-state index is 14.4. The van der Waals surface area contributed by atoms with E-state index in [0.29, 0.717) is 31.1 Å². The molecule has 0 radical (unpaired) electrons. The standard InChI is InChI=1S/C14H17FN8.C3H8/c1-14(15)3-4-22(7-14)11-10(9-5-18-19-6-9)17-8-23-12(11)20-13(16-2)21-23;1-3-2/h5-6,8H,3-4,7H2,1-2H3,(H,16,21)(H,18,19);3H2,1-2H3. The summed E-state index contributed by atoms with van der Waals surface area (Å²) in [6.07, 6.45) is 6.80. The quantitative estimate of drug-likeness (QED) is 0.747. The number of aromatic nitrogens is 6. The number of anilines is 2. The van der Waals surface area contributed by atoms with Crippen molar-refractivity contribution >= 4 is 17.3 Å². The first kappa shape index (κ1) is 18.1. The Labute approximate surface area is 151 Å². The van der Waals surface area contributed by atoms with Crippen molar-refractivity contribution in [3.8, 4) is 11.3 Å². The van der Waals surface area contributed by atoms with Crippen molar-refractivity contribution in [1.82, 2.24) is 29.8 Å². The van der Waals surface area contributed by atoms with Gasteiger partial charge in [-0.1, -0.05) is 20.3 Å². The summed E-state index contributed by atoms with van der Waals surface area (Å²) in [6, 6.07) is 0. The smallest absolute Gasteiger partial charge is 0.242 e. The van der Waals surface area contributed by atoms with E-state index in [0.717, 1.165) is 16.9 Å². The molecule has 3 aromatic heterocycles. The van der Waals surface area contributed by atoms with E-state index >= 15 is 0 Å². The Bertz CT molecular complexity index is 855. The molecule has 8 nitrogen and oxygen atoms in total. The predicted molar refractivity (Wildman–Crippen MR) is 100 cm³/mol. The fraction of sp³-hybridized carbons (Fsp3) is 0.529. The van der Waals surface area contributed by atoms with Crippen LogP contribution in [0.5, 0.6) is 0 Å². The molecule has 2 N–H and O–H groups in total. The van der Waals surface area contributed by atoms with Gasteiger partial charge in [0.25, 0.3) is 0 Å². The molecule has 1 aliphatic heterocycles. The first-order chi connectivity index (χ1) is 12.5. The van der Waals surface area contributed by atoms with Crippen LogP contribution < -0.4 is 10.2 Å². The molecular weight excluding hydrogens is 335 g/mol. The average Bonchev–Trinajstić information content (AvgIpc) is 3.33. The lowest BCUT2D eigenvalue weighted by molar-refractivity contribution is 0.221. The summed E-state index contributed by atoms with van der Waals surface area (Å²) in [6.45, 7) is 6.79. The molecule has 0 saturated carbocycles. The Balaban J connectivity index is 0.000000613. The first-order valence-corrected chi connectivity index (χ1v) is 8.85. The Kier molecular flexibility index (Phi) is 5.06. The lowest BCUT2D eigenvalue weighted by atomic mass is 10.1. The zero-order valence-corrected chi connectivity index (χ0v) is 15.6. The van der Waals surface area contributed by atoms with E-state index in [2.05, 4.69) is 44.4 Å². The van der Waals surface area contributed by atoms with E-state index in [1.54, 1.807) is 37.2 Å². The molecule has 1 atom stereocenters. The lowest BCUT2D eigenvalue weighted by Crippen LogP contribution is -2.27. The predicted octanol–water partition coefficient (Wildman–Crippen LogP) is 2.91. The molecule has 1 aliphatic rings. The molecule has 0 amide bonds. The van der Waals surface area contributed by atoms with Gasteiger partial charge in [-0.25, -0.2) is 9.37 Å². The highest BCUT2D eigenvalue weighted by molar-refractivity contribution is 5.85. The maximum atomic E-state index is 14.4. The number of alkyl halides is 1. The zero-order chi connectivity index (χ0) is 18.7. The number of hydrogen-bond donors (Lipinski definition) is 2. The Hall–Kier alpha value is -2.71. The summed E-state index contributed by atoms with van der Waals surface area (Å²) < 4.78 is 16.0. The second-order valence-corrected chi connectivity index (χ2v) is 6.67. The van der Waals surface area contributed by atoms with Crippen LogP contribution in [0.25, 0.3) is 16.9 Å². The fourth-order valence-electron chi connectivity index (χ4n) is 2.95. The molecule has 1 saturated heterocycles. The van der Waals surface area contributed by atoms with Crippen LogP contribution in [0, 0.1) is 0 Å². The molecule has 4 heterocycles. The normalized spacial score (nSPS) is 19.5. The van der Waals surface area contributed by atoms with E-state index in [1.165, 1.54) is 6.42 Å². The highest BCUT2D eigenvalue weighted by atomic mass is 19.1. The summed E-state index contributed by atoms with van der Waals surface area (Å²) in [5.41, 5.74) is 1.78. The van der Waals surface area contributed by atoms with Crippen LogP contribution in [0.2, 0.25) is 0 Å². The van der Waals surface area contributed by atoms with Gasteiger partial charge in [0.15, 0.2) is 5.65 Å². The van der Waals surface area contributed by atoms with Gasteiger partial charge in [0.05, 0.1) is 12.7 Å². The van der Waals surface area contributed by atoms with Gasteiger partial charge in [-0.2, -0.15) is 14.6 Å². The number of H-pyrrole nitrogens is 1. The number of nitrogens with zero attached hydrogens (tertiary/aromatic N) is 6.